The van der Waals surface area contributed by atoms with E-state index in [1.165, 1.54) is 0 Å². The summed E-state index contributed by atoms with van der Waals surface area (Å²) < 4.78 is 24.9. The van der Waals surface area contributed by atoms with E-state index in [2.05, 4.69) is 19.7 Å². The SMILES string of the molecule is C=C[Si]1(C)O[Si](C)(C)O[Si](C)(C)O[Si](C=C)(C=C)O1. The molecule has 1 unspecified atom stereocenters. The van der Waals surface area contributed by atoms with Gasteiger partial charge in [-0.05, 0) is 44.1 Å². The van der Waals surface area contributed by atoms with E-state index in [4.69, 9.17) is 16.5 Å². The van der Waals surface area contributed by atoms with Crippen molar-refractivity contribution >= 4 is 34.2 Å². The molecule has 19 heavy (non-hydrogen) atoms. The van der Waals surface area contributed by atoms with Gasteiger partial charge in [-0.15, -0.1) is 19.7 Å². The third-order valence-corrected chi connectivity index (χ3v) is 18.2. The van der Waals surface area contributed by atoms with Crippen molar-refractivity contribution in [2.24, 2.45) is 0 Å². The van der Waals surface area contributed by atoms with Gasteiger partial charge in [0.05, 0.1) is 0 Å². The van der Waals surface area contributed by atoms with Crippen LogP contribution in [0, 0.1) is 0 Å². The Kier molecular flexibility index (Phi) is 4.80. The van der Waals surface area contributed by atoms with Gasteiger partial charge in [-0.3, -0.25) is 0 Å². The van der Waals surface area contributed by atoms with Gasteiger partial charge in [-0.1, -0.05) is 5.70 Å². The molecular formula is C11H24O4Si4. The van der Waals surface area contributed by atoms with Crippen LogP contribution in [0.2, 0.25) is 32.7 Å². The second kappa shape index (κ2) is 5.37. The molecule has 0 aromatic carbocycles. The summed E-state index contributed by atoms with van der Waals surface area (Å²) in [6.07, 6.45) is 0. The molecule has 8 heteroatoms. The first-order valence-electron chi connectivity index (χ1n) is 6.22. The van der Waals surface area contributed by atoms with Gasteiger partial charge < -0.3 is 16.5 Å². The normalized spacial score (nSPS) is 32.7. The van der Waals surface area contributed by atoms with Gasteiger partial charge in [-0.25, -0.2) is 0 Å². The molecule has 0 spiro atoms. The standard InChI is InChI=1S/C11H24O4Si4/c1-9-18(8)13-16(4,5)12-17(6,7)14-19(10-2,11-3)15-18/h9-11H,1-3H2,4-8H3. The fourth-order valence-corrected chi connectivity index (χ4v) is 20.8. The van der Waals surface area contributed by atoms with Crippen LogP contribution in [0.3, 0.4) is 0 Å². The van der Waals surface area contributed by atoms with Crippen molar-refractivity contribution in [1.82, 2.24) is 0 Å². The van der Waals surface area contributed by atoms with Crippen LogP contribution in [-0.4, -0.2) is 34.2 Å². The summed E-state index contributed by atoms with van der Waals surface area (Å²) in [5.74, 6) is 0. The van der Waals surface area contributed by atoms with Crippen molar-refractivity contribution in [3.8, 4) is 0 Å². The van der Waals surface area contributed by atoms with Gasteiger partial charge in [0, 0.05) is 0 Å². The van der Waals surface area contributed by atoms with E-state index in [0.29, 0.717) is 0 Å². The maximum Gasteiger partial charge on any atom is 0.373 e. The lowest BCUT2D eigenvalue weighted by atomic mass is 11.2. The zero-order chi connectivity index (χ0) is 14.9. The van der Waals surface area contributed by atoms with Crippen molar-refractivity contribution < 1.29 is 16.5 Å². The molecule has 0 amide bonds. The second-order valence-corrected chi connectivity index (χ2v) is 19.1. The maximum absolute atomic E-state index is 6.25. The van der Waals surface area contributed by atoms with Gasteiger partial charge in [0.1, 0.15) is 0 Å². The molecule has 0 radical (unpaired) electrons. The van der Waals surface area contributed by atoms with Crippen LogP contribution < -0.4 is 0 Å². The highest BCUT2D eigenvalue weighted by Crippen LogP contribution is 2.31. The smallest absolute Gasteiger partial charge is 0.373 e. The zero-order valence-corrected chi connectivity index (χ0v) is 16.5. The molecule has 0 aliphatic carbocycles. The minimum Gasteiger partial charge on any atom is -0.416 e. The van der Waals surface area contributed by atoms with E-state index in [1.54, 1.807) is 17.1 Å². The molecular weight excluding hydrogens is 308 g/mol. The Balaban J connectivity index is 3.25. The summed E-state index contributed by atoms with van der Waals surface area (Å²) in [6.45, 7) is 21.5. The fourth-order valence-electron chi connectivity index (χ4n) is 2.20. The van der Waals surface area contributed by atoms with Crippen LogP contribution in [0.15, 0.2) is 36.8 Å². The highest BCUT2D eigenvalue weighted by Gasteiger charge is 2.53. The lowest BCUT2D eigenvalue weighted by molar-refractivity contribution is 0.247. The fraction of sp³-hybridized carbons (Fsp3) is 0.455. The van der Waals surface area contributed by atoms with E-state index in [9.17, 15) is 0 Å². The molecule has 1 fully saturated rings. The molecule has 1 rings (SSSR count). The van der Waals surface area contributed by atoms with Crippen LogP contribution in [0.1, 0.15) is 0 Å². The van der Waals surface area contributed by atoms with Gasteiger partial charge in [-0.2, -0.15) is 0 Å². The van der Waals surface area contributed by atoms with Crippen LogP contribution >= 0.6 is 0 Å². The van der Waals surface area contributed by atoms with E-state index < -0.39 is 34.2 Å². The minimum atomic E-state index is -2.72. The molecule has 0 saturated carbocycles. The van der Waals surface area contributed by atoms with Crippen LogP contribution in [-0.2, 0) is 16.5 Å². The van der Waals surface area contributed by atoms with Gasteiger partial charge in [0.25, 0.3) is 0 Å². The zero-order valence-electron chi connectivity index (χ0n) is 12.5. The molecule has 1 aliphatic rings. The lowest BCUT2D eigenvalue weighted by Crippen LogP contribution is -2.65. The summed E-state index contributed by atoms with van der Waals surface area (Å²) in [4.78, 5) is 0. The summed E-state index contributed by atoms with van der Waals surface area (Å²) >= 11 is 0. The van der Waals surface area contributed by atoms with E-state index in [1.807, 2.05) is 32.7 Å². The number of hydrogen-bond donors (Lipinski definition) is 0. The van der Waals surface area contributed by atoms with Gasteiger partial charge >= 0.3 is 34.2 Å². The third-order valence-electron chi connectivity index (χ3n) is 2.65. The molecule has 0 bridgehead atoms. The highest BCUT2D eigenvalue weighted by molar-refractivity contribution is 6.97. The van der Waals surface area contributed by atoms with Crippen LogP contribution in [0.5, 0.6) is 0 Å². The summed E-state index contributed by atoms with van der Waals surface area (Å²) in [7, 11) is -9.91. The topological polar surface area (TPSA) is 36.9 Å². The van der Waals surface area contributed by atoms with Crippen LogP contribution in [0.4, 0.5) is 0 Å². The Morgan fingerprint density at radius 1 is 0.632 bits per heavy atom. The first kappa shape index (κ1) is 17.0. The first-order chi connectivity index (χ1) is 8.51. The average molecular weight is 333 g/mol. The summed E-state index contributed by atoms with van der Waals surface area (Å²) in [5.41, 5.74) is 5.23. The first-order valence-corrected chi connectivity index (χ1v) is 16.2. The molecule has 108 valence electrons. The number of rotatable bonds is 3. The van der Waals surface area contributed by atoms with Crippen molar-refractivity contribution in [3.05, 3.63) is 36.8 Å². The lowest BCUT2D eigenvalue weighted by Gasteiger charge is -2.46. The molecule has 4 nitrogen and oxygen atoms in total. The molecule has 1 saturated heterocycles. The van der Waals surface area contributed by atoms with E-state index >= 15 is 0 Å². The Morgan fingerprint density at radius 2 is 1.11 bits per heavy atom. The van der Waals surface area contributed by atoms with Crippen molar-refractivity contribution in [2.45, 2.75) is 32.7 Å². The predicted molar refractivity (Wildman–Crippen MR) is 87.3 cm³/mol. The maximum atomic E-state index is 6.25. The Bertz CT molecular complexity index is 388. The average Bonchev–Trinajstić information content (AvgIpc) is 2.23. The van der Waals surface area contributed by atoms with Crippen molar-refractivity contribution in [2.75, 3.05) is 0 Å². The molecule has 0 N–H and O–H groups in total. The summed E-state index contributed by atoms with van der Waals surface area (Å²) in [6, 6.07) is 0. The number of hydrogen-bond acceptors (Lipinski definition) is 4. The molecule has 1 aliphatic heterocycles. The van der Waals surface area contributed by atoms with Gasteiger partial charge in [0.2, 0.25) is 0 Å². The van der Waals surface area contributed by atoms with E-state index in [-0.39, 0.29) is 0 Å². The van der Waals surface area contributed by atoms with Crippen LogP contribution in [0.25, 0.3) is 0 Å². The van der Waals surface area contributed by atoms with Crippen molar-refractivity contribution in [1.29, 1.82) is 0 Å². The largest absolute Gasteiger partial charge is 0.416 e. The molecule has 1 heterocycles. The quantitative estimate of drug-likeness (QED) is 0.744. The predicted octanol–water partition coefficient (Wildman–Crippen LogP) is 3.16. The molecule has 0 aromatic rings. The van der Waals surface area contributed by atoms with Crippen molar-refractivity contribution in [3.63, 3.8) is 0 Å². The molecule has 1 atom stereocenters. The summed E-state index contributed by atoms with van der Waals surface area (Å²) in [5, 5.41) is 0. The Hall–Kier alpha value is -0.0725. The minimum absolute atomic E-state index is 1.73. The highest BCUT2D eigenvalue weighted by atomic mass is 28.5. The molecule has 0 aromatic heterocycles. The monoisotopic (exact) mass is 332 g/mol. The van der Waals surface area contributed by atoms with E-state index in [0.717, 1.165) is 0 Å². The second-order valence-electron chi connectivity index (χ2n) is 5.56. The third kappa shape index (κ3) is 4.19. The Morgan fingerprint density at radius 3 is 1.53 bits per heavy atom. The van der Waals surface area contributed by atoms with Gasteiger partial charge in [0.15, 0.2) is 0 Å². The Labute approximate surface area is 120 Å².